The van der Waals surface area contributed by atoms with Gasteiger partial charge in [-0.25, -0.2) is 4.63 Å². The molecule has 1 aliphatic rings. The second-order valence-corrected chi connectivity index (χ2v) is 6.38. The van der Waals surface area contributed by atoms with Gasteiger partial charge in [-0.15, -0.1) is 0 Å². The smallest absolute Gasteiger partial charge is 0.323 e. The van der Waals surface area contributed by atoms with Gasteiger partial charge in [0.2, 0.25) is 5.52 Å². The molecule has 2 heterocycles. The number of anilines is 3. The number of nitro groups is 2. The number of morpholine rings is 1. The lowest BCUT2D eigenvalue weighted by atomic mass is 10.1. The number of benzene rings is 2. The Morgan fingerprint density at radius 1 is 1.07 bits per heavy atom. The maximum absolute atomic E-state index is 11.8. The number of rotatable bonds is 6. The Bertz CT molecular complexity index is 1130. The van der Waals surface area contributed by atoms with Crippen LogP contribution in [0.25, 0.3) is 11.0 Å². The Kier molecular flexibility index (Phi) is 5.02. The van der Waals surface area contributed by atoms with Gasteiger partial charge >= 0.3 is 5.69 Å². The van der Waals surface area contributed by atoms with E-state index in [1.54, 1.807) is 11.0 Å². The molecular weight excluding hydrogens is 400 g/mol. The molecule has 30 heavy (non-hydrogen) atoms. The van der Waals surface area contributed by atoms with Gasteiger partial charge in [0.15, 0.2) is 5.52 Å². The minimum absolute atomic E-state index is 0.0531. The van der Waals surface area contributed by atoms with Crippen LogP contribution in [0.1, 0.15) is 0 Å². The molecule has 0 saturated carbocycles. The summed E-state index contributed by atoms with van der Waals surface area (Å²) in [6, 6.07) is 5.83. The fourth-order valence-electron chi connectivity index (χ4n) is 3.28. The highest BCUT2D eigenvalue weighted by molar-refractivity contribution is 6.01. The average Bonchev–Trinajstić information content (AvgIpc) is 3.24. The number of methoxy groups -OCH3 is 1. The molecular formula is C17H16N6O7. The summed E-state index contributed by atoms with van der Waals surface area (Å²) in [5, 5.41) is 33.7. The second kappa shape index (κ2) is 7.79. The third-order valence-electron chi connectivity index (χ3n) is 4.70. The van der Waals surface area contributed by atoms with E-state index >= 15 is 0 Å². The van der Waals surface area contributed by atoms with Crippen LogP contribution >= 0.6 is 0 Å². The Hall–Kier alpha value is -4.00. The first-order valence-corrected chi connectivity index (χ1v) is 8.85. The lowest BCUT2D eigenvalue weighted by Crippen LogP contribution is -2.36. The highest BCUT2D eigenvalue weighted by Crippen LogP contribution is 2.41. The standard InChI is InChI=1S/C17H16N6O7/c1-28-10-2-3-11(13(8-10)22(24)25)18-12-9-14(21-4-6-29-7-5-21)17(23(26)27)16-15(12)19-30-20-16/h2-3,8-9,18H,4-7H2,1H3. The molecule has 0 radical (unpaired) electrons. The van der Waals surface area contributed by atoms with Crippen molar-refractivity contribution < 1.29 is 23.9 Å². The monoisotopic (exact) mass is 416 g/mol. The van der Waals surface area contributed by atoms with Crippen molar-refractivity contribution in [1.29, 1.82) is 0 Å². The molecule has 1 saturated heterocycles. The van der Waals surface area contributed by atoms with E-state index in [2.05, 4.69) is 15.6 Å². The van der Waals surface area contributed by atoms with Gasteiger partial charge in [0, 0.05) is 13.1 Å². The number of hydrogen-bond donors (Lipinski definition) is 1. The summed E-state index contributed by atoms with van der Waals surface area (Å²) in [6.07, 6.45) is 0. The Balaban J connectivity index is 1.86. The Morgan fingerprint density at radius 3 is 2.47 bits per heavy atom. The largest absolute Gasteiger partial charge is 0.496 e. The summed E-state index contributed by atoms with van der Waals surface area (Å²) in [4.78, 5) is 24.0. The van der Waals surface area contributed by atoms with E-state index in [-0.39, 0.29) is 33.8 Å². The number of ether oxygens (including phenoxy) is 2. The van der Waals surface area contributed by atoms with Gasteiger partial charge in [-0.2, -0.15) is 0 Å². The molecule has 2 aromatic carbocycles. The molecule has 13 heteroatoms. The highest BCUT2D eigenvalue weighted by Gasteiger charge is 2.30. The summed E-state index contributed by atoms with van der Waals surface area (Å²) in [7, 11) is 1.40. The zero-order valence-corrected chi connectivity index (χ0v) is 15.7. The molecule has 3 aromatic rings. The fraction of sp³-hybridized carbons (Fsp3) is 0.294. The number of nitro benzene ring substituents is 2. The van der Waals surface area contributed by atoms with Gasteiger partial charge in [0.25, 0.3) is 5.69 Å². The van der Waals surface area contributed by atoms with Crippen molar-refractivity contribution in [3.05, 3.63) is 44.5 Å². The zero-order valence-electron chi connectivity index (χ0n) is 15.7. The van der Waals surface area contributed by atoms with Crippen molar-refractivity contribution in [3.8, 4) is 5.75 Å². The minimum atomic E-state index is -0.558. The first kappa shape index (κ1) is 19.3. The zero-order chi connectivity index (χ0) is 21.3. The van der Waals surface area contributed by atoms with Crippen LogP contribution in [0, 0.1) is 20.2 Å². The highest BCUT2D eigenvalue weighted by atomic mass is 16.6. The SMILES string of the molecule is COc1ccc(Nc2cc(N3CCOCC3)c([N+](=O)[O-])c3nonc23)c([N+](=O)[O-])c1. The number of hydrogen-bond acceptors (Lipinski definition) is 11. The van der Waals surface area contributed by atoms with Crippen LogP contribution in [0.3, 0.4) is 0 Å². The lowest BCUT2D eigenvalue weighted by molar-refractivity contribution is -0.384. The summed E-state index contributed by atoms with van der Waals surface area (Å²) in [5.74, 6) is 0.318. The van der Waals surface area contributed by atoms with Crippen molar-refractivity contribution in [2.75, 3.05) is 43.6 Å². The molecule has 1 N–H and O–H groups in total. The van der Waals surface area contributed by atoms with E-state index < -0.39 is 9.85 Å². The summed E-state index contributed by atoms with van der Waals surface area (Å²) in [6.45, 7) is 1.72. The van der Waals surface area contributed by atoms with Crippen LogP contribution in [0.5, 0.6) is 5.75 Å². The van der Waals surface area contributed by atoms with E-state index in [0.717, 1.165) is 0 Å². The van der Waals surface area contributed by atoms with Crippen molar-refractivity contribution >= 4 is 39.5 Å². The second-order valence-electron chi connectivity index (χ2n) is 6.38. The third kappa shape index (κ3) is 3.41. The Labute approximate surface area is 168 Å². The van der Waals surface area contributed by atoms with Crippen molar-refractivity contribution in [2.45, 2.75) is 0 Å². The predicted molar refractivity (Wildman–Crippen MR) is 104 cm³/mol. The lowest BCUT2D eigenvalue weighted by Gasteiger charge is -2.28. The van der Waals surface area contributed by atoms with Crippen molar-refractivity contribution in [1.82, 2.24) is 10.3 Å². The van der Waals surface area contributed by atoms with Gasteiger partial charge in [-0.3, -0.25) is 20.2 Å². The van der Waals surface area contributed by atoms with Crippen LogP contribution in [0.2, 0.25) is 0 Å². The van der Waals surface area contributed by atoms with E-state index in [0.29, 0.717) is 37.7 Å². The molecule has 4 rings (SSSR count). The minimum Gasteiger partial charge on any atom is -0.496 e. The maximum Gasteiger partial charge on any atom is 0.323 e. The normalized spacial score (nSPS) is 14.0. The maximum atomic E-state index is 11.8. The van der Waals surface area contributed by atoms with Gasteiger partial charge in [0.1, 0.15) is 17.1 Å². The summed E-state index contributed by atoms with van der Waals surface area (Å²) >= 11 is 0. The van der Waals surface area contributed by atoms with Crippen LogP contribution in [0.15, 0.2) is 28.9 Å². The third-order valence-corrected chi connectivity index (χ3v) is 4.70. The molecule has 1 fully saturated rings. The summed E-state index contributed by atoms with van der Waals surface area (Å²) in [5.41, 5.74) is 0.295. The fourth-order valence-corrected chi connectivity index (χ4v) is 3.28. The molecule has 0 spiro atoms. The quantitative estimate of drug-likeness (QED) is 0.465. The first-order valence-electron chi connectivity index (χ1n) is 8.85. The molecule has 13 nitrogen and oxygen atoms in total. The molecule has 1 aliphatic heterocycles. The van der Waals surface area contributed by atoms with Gasteiger partial charge in [-0.1, -0.05) is 0 Å². The van der Waals surface area contributed by atoms with Crippen molar-refractivity contribution in [3.63, 3.8) is 0 Å². The molecule has 156 valence electrons. The molecule has 1 aromatic heterocycles. The molecule has 0 bridgehead atoms. The van der Waals surface area contributed by atoms with Gasteiger partial charge < -0.3 is 19.7 Å². The number of aromatic nitrogens is 2. The van der Waals surface area contributed by atoms with E-state index in [1.165, 1.54) is 25.3 Å². The van der Waals surface area contributed by atoms with Crippen molar-refractivity contribution in [2.24, 2.45) is 0 Å². The summed E-state index contributed by atoms with van der Waals surface area (Å²) < 4.78 is 15.1. The first-order chi connectivity index (χ1) is 14.5. The van der Waals surface area contributed by atoms with E-state index in [4.69, 9.17) is 14.1 Å². The number of nitrogens with zero attached hydrogens (tertiary/aromatic N) is 5. The van der Waals surface area contributed by atoms with Crippen LogP contribution in [-0.4, -0.2) is 53.6 Å². The topological polar surface area (TPSA) is 159 Å². The number of nitrogens with one attached hydrogen (secondary N) is 1. The molecule has 0 amide bonds. The average molecular weight is 416 g/mol. The number of fused-ring (bicyclic) bond motifs is 1. The van der Waals surface area contributed by atoms with E-state index in [9.17, 15) is 20.2 Å². The Morgan fingerprint density at radius 2 is 1.80 bits per heavy atom. The van der Waals surface area contributed by atoms with Crippen LogP contribution in [0.4, 0.5) is 28.4 Å². The van der Waals surface area contributed by atoms with Crippen LogP contribution in [-0.2, 0) is 4.74 Å². The van der Waals surface area contributed by atoms with Crippen LogP contribution < -0.4 is 15.0 Å². The van der Waals surface area contributed by atoms with Gasteiger partial charge in [-0.05, 0) is 28.5 Å². The molecule has 0 aliphatic carbocycles. The van der Waals surface area contributed by atoms with Gasteiger partial charge in [0.05, 0.1) is 41.9 Å². The molecule has 0 atom stereocenters. The molecule has 0 unspecified atom stereocenters. The predicted octanol–water partition coefficient (Wildman–Crippen LogP) is 2.63. The van der Waals surface area contributed by atoms with E-state index in [1.807, 2.05) is 0 Å².